The molecule has 1 fully saturated rings. The number of hydroxylamine groups is 3. The highest BCUT2D eigenvalue weighted by Gasteiger charge is 2.41. The highest BCUT2D eigenvalue weighted by Crippen LogP contribution is 2.32. The normalized spacial score (nSPS) is 24.7. The van der Waals surface area contributed by atoms with Gasteiger partial charge >= 0.3 is 0 Å². The van der Waals surface area contributed by atoms with Crippen LogP contribution < -0.4 is 0 Å². The van der Waals surface area contributed by atoms with Crippen LogP contribution in [0, 0.1) is 5.21 Å². The van der Waals surface area contributed by atoms with Crippen molar-refractivity contribution >= 4 is 0 Å². The number of hydrogen-bond donors (Lipinski definition) is 2. The van der Waals surface area contributed by atoms with Crippen molar-refractivity contribution in [2.45, 2.75) is 50.6 Å². The average Bonchev–Trinajstić information content (AvgIpc) is 2.59. The zero-order valence-corrected chi connectivity index (χ0v) is 13.8. The van der Waals surface area contributed by atoms with Gasteiger partial charge in [-0.3, -0.25) is 0 Å². The van der Waals surface area contributed by atoms with E-state index < -0.39 is 22.9 Å². The summed E-state index contributed by atoms with van der Waals surface area (Å²) in [5.74, 6) is 0. The van der Waals surface area contributed by atoms with Crippen LogP contribution in [0.25, 0.3) is 0 Å². The van der Waals surface area contributed by atoms with Gasteiger partial charge in [-0.05, 0) is 12.8 Å². The molecule has 2 N–H and O–H groups in total. The number of rotatable bonds is 5. The van der Waals surface area contributed by atoms with Gasteiger partial charge in [0.15, 0.2) is 0 Å². The molecular formula is C20H25NO3. The van der Waals surface area contributed by atoms with Crippen LogP contribution in [0.2, 0.25) is 0 Å². The summed E-state index contributed by atoms with van der Waals surface area (Å²) in [4.78, 5) is 0. The molecule has 2 aromatic carbocycles. The van der Waals surface area contributed by atoms with Gasteiger partial charge in [-0.2, -0.15) is 0 Å². The van der Waals surface area contributed by atoms with E-state index in [1.165, 1.54) is 0 Å². The minimum absolute atomic E-state index is 0.296. The molecule has 1 saturated carbocycles. The molecule has 128 valence electrons. The van der Waals surface area contributed by atoms with E-state index in [4.69, 9.17) is 0 Å². The molecular weight excluding hydrogens is 302 g/mol. The average molecular weight is 327 g/mol. The lowest BCUT2D eigenvalue weighted by Crippen LogP contribution is -2.59. The summed E-state index contributed by atoms with van der Waals surface area (Å²) >= 11 is 0. The van der Waals surface area contributed by atoms with Crippen LogP contribution in [0.5, 0.6) is 0 Å². The lowest BCUT2D eigenvalue weighted by molar-refractivity contribution is -0.936. The number of benzene rings is 2. The van der Waals surface area contributed by atoms with Crippen LogP contribution in [0.3, 0.4) is 0 Å². The molecule has 4 nitrogen and oxygen atoms in total. The fourth-order valence-electron chi connectivity index (χ4n) is 3.72. The van der Waals surface area contributed by atoms with Gasteiger partial charge < -0.3 is 20.1 Å². The van der Waals surface area contributed by atoms with Gasteiger partial charge in [0.2, 0.25) is 0 Å². The second-order valence-electron chi connectivity index (χ2n) is 6.80. The lowest BCUT2D eigenvalue weighted by Gasteiger charge is -2.52. The zero-order chi connectivity index (χ0) is 17.0. The Balaban J connectivity index is 1.90. The molecule has 24 heavy (non-hydrogen) atoms. The number of quaternary nitrogens is 1. The summed E-state index contributed by atoms with van der Waals surface area (Å²) in [5.41, 5.74) is 1.91. The molecule has 3 atom stereocenters. The molecule has 0 heterocycles. The molecule has 0 unspecified atom stereocenters. The molecule has 3 rings (SSSR count). The summed E-state index contributed by atoms with van der Waals surface area (Å²) in [7, 11) is 0. The van der Waals surface area contributed by atoms with Crippen molar-refractivity contribution in [2.24, 2.45) is 0 Å². The quantitative estimate of drug-likeness (QED) is 0.655. The smallest absolute Gasteiger partial charge is 0.132 e. The number of nitrogens with zero attached hydrogens (tertiary/aromatic N) is 1. The zero-order valence-electron chi connectivity index (χ0n) is 13.8. The molecule has 0 radical (unpaired) electrons. The second-order valence-corrected chi connectivity index (χ2v) is 6.80. The van der Waals surface area contributed by atoms with E-state index in [-0.39, 0.29) is 0 Å². The van der Waals surface area contributed by atoms with E-state index in [1.54, 1.807) is 0 Å². The van der Waals surface area contributed by atoms with E-state index in [1.807, 2.05) is 60.7 Å². The number of aliphatic hydroxyl groups is 2. The van der Waals surface area contributed by atoms with Gasteiger partial charge in [0.25, 0.3) is 0 Å². The van der Waals surface area contributed by atoms with Crippen molar-refractivity contribution in [3.05, 3.63) is 77.0 Å². The third kappa shape index (κ3) is 3.84. The predicted octanol–water partition coefficient (Wildman–Crippen LogP) is 2.98. The molecule has 0 amide bonds. The maximum atomic E-state index is 13.8. The monoisotopic (exact) mass is 327 g/mol. The Kier molecular flexibility index (Phi) is 5.31. The minimum Gasteiger partial charge on any atom is -0.632 e. The van der Waals surface area contributed by atoms with Crippen LogP contribution >= 0.6 is 0 Å². The Morgan fingerprint density at radius 1 is 0.833 bits per heavy atom. The second kappa shape index (κ2) is 7.45. The largest absolute Gasteiger partial charge is 0.632 e. The minimum atomic E-state index is -0.969. The van der Waals surface area contributed by atoms with Crippen molar-refractivity contribution in [3.63, 3.8) is 0 Å². The summed E-state index contributed by atoms with van der Waals surface area (Å²) in [6.07, 6.45) is 0.204. The van der Waals surface area contributed by atoms with Crippen LogP contribution in [0.4, 0.5) is 0 Å². The highest BCUT2D eigenvalue weighted by atomic mass is 16.6. The fourth-order valence-corrected chi connectivity index (χ4v) is 3.72. The SMILES string of the molecule is [O-][N+](Cc1ccccc1)(Cc1ccccc1)[C@@H]1CCC[C@H](O)[C@H]1O. The van der Waals surface area contributed by atoms with Crippen LogP contribution in [0.15, 0.2) is 60.7 Å². The van der Waals surface area contributed by atoms with Crippen molar-refractivity contribution in [2.75, 3.05) is 0 Å². The predicted molar refractivity (Wildman–Crippen MR) is 93.6 cm³/mol. The number of aliphatic hydroxyl groups excluding tert-OH is 2. The van der Waals surface area contributed by atoms with Crippen LogP contribution in [-0.2, 0) is 13.1 Å². The Morgan fingerprint density at radius 2 is 1.33 bits per heavy atom. The maximum Gasteiger partial charge on any atom is 0.132 e. The van der Waals surface area contributed by atoms with Crippen LogP contribution in [-0.4, -0.2) is 33.1 Å². The van der Waals surface area contributed by atoms with Crippen molar-refractivity contribution in [1.82, 2.24) is 0 Å². The van der Waals surface area contributed by atoms with Crippen molar-refractivity contribution in [1.29, 1.82) is 0 Å². The van der Waals surface area contributed by atoms with Crippen molar-refractivity contribution in [3.8, 4) is 0 Å². The van der Waals surface area contributed by atoms with E-state index in [2.05, 4.69) is 0 Å². The Labute approximate surface area is 143 Å². The summed E-state index contributed by atoms with van der Waals surface area (Å²) in [6, 6.07) is 18.8. The van der Waals surface area contributed by atoms with Crippen LogP contribution in [0.1, 0.15) is 30.4 Å². The van der Waals surface area contributed by atoms with Gasteiger partial charge in [0.1, 0.15) is 25.2 Å². The van der Waals surface area contributed by atoms with Gasteiger partial charge in [-0.25, -0.2) is 0 Å². The molecule has 1 aliphatic rings. The summed E-state index contributed by atoms with van der Waals surface area (Å²) in [6.45, 7) is 0.592. The van der Waals surface area contributed by atoms with Gasteiger partial charge in [-0.1, -0.05) is 60.7 Å². The lowest BCUT2D eigenvalue weighted by atomic mass is 9.88. The van der Waals surface area contributed by atoms with Gasteiger partial charge in [0, 0.05) is 17.5 Å². The first-order valence-electron chi connectivity index (χ1n) is 8.60. The van der Waals surface area contributed by atoms with E-state index in [0.29, 0.717) is 25.9 Å². The molecule has 0 saturated heterocycles. The third-order valence-electron chi connectivity index (χ3n) is 4.98. The highest BCUT2D eigenvalue weighted by molar-refractivity contribution is 5.16. The molecule has 0 bridgehead atoms. The van der Waals surface area contributed by atoms with E-state index in [0.717, 1.165) is 17.5 Å². The summed E-state index contributed by atoms with van der Waals surface area (Å²) < 4.78 is -0.535. The Bertz CT molecular complexity index is 590. The molecule has 1 aliphatic carbocycles. The first-order chi connectivity index (χ1) is 11.6. The van der Waals surface area contributed by atoms with Gasteiger partial charge in [-0.15, -0.1) is 0 Å². The molecule has 0 spiro atoms. The maximum absolute atomic E-state index is 13.8. The third-order valence-corrected chi connectivity index (χ3v) is 4.98. The first kappa shape index (κ1) is 17.1. The number of hydrogen-bond acceptors (Lipinski definition) is 3. The van der Waals surface area contributed by atoms with Crippen molar-refractivity contribution < 1.29 is 14.9 Å². The molecule has 0 aromatic heterocycles. The van der Waals surface area contributed by atoms with Gasteiger partial charge in [0.05, 0.1) is 6.10 Å². The topological polar surface area (TPSA) is 63.5 Å². The van der Waals surface area contributed by atoms with E-state index >= 15 is 0 Å². The molecule has 4 heteroatoms. The fraction of sp³-hybridized carbons (Fsp3) is 0.400. The van der Waals surface area contributed by atoms with E-state index in [9.17, 15) is 15.4 Å². The Hall–Kier alpha value is -1.72. The Morgan fingerprint density at radius 3 is 1.83 bits per heavy atom. The standard InChI is InChI=1S/C20H25NO3/c22-19-13-7-12-18(20(19)23)21(24,14-16-8-3-1-4-9-16)15-17-10-5-2-6-11-17/h1-6,8-11,18-20,22-23H,7,12-15H2/t18-,19+,20+/m1/s1. The molecule has 2 aromatic rings. The first-order valence-corrected chi connectivity index (χ1v) is 8.60. The molecule has 0 aliphatic heterocycles. The summed E-state index contributed by atoms with van der Waals surface area (Å²) in [5, 5.41) is 34.3.